The number of rotatable bonds is 5. The van der Waals surface area contributed by atoms with Gasteiger partial charge in [-0.1, -0.05) is 23.8 Å². The van der Waals surface area contributed by atoms with Gasteiger partial charge in [-0.15, -0.1) is 0 Å². The van der Waals surface area contributed by atoms with Gasteiger partial charge in [0, 0.05) is 0 Å². The van der Waals surface area contributed by atoms with Gasteiger partial charge in [-0.3, -0.25) is 19.3 Å². The first-order chi connectivity index (χ1) is 17.1. The summed E-state index contributed by atoms with van der Waals surface area (Å²) in [6, 6.07) is 10.1. The minimum Gasteiger partial charge on any atom is -0.452 e. The van der Waals surface area contributed by atoms with Crippen molar-refractivity contribution in [3.63, 3.8) is 0 Å². The van der Waals surface area contributed by atoms with Crippen molar-refractivity contribution in [2.75, 3.05) is 16.8 Å². The summed E-state index contributed by atoms with van der Waals surface area (Å²) in [6.45, 7) is 1.19. The zero-order valence-electron chi connectivity index (χ0n) is 19.0. The average Bonchev–Trinajstić information content (AvgIpc) is 3.47. The number of halogens is 3. The molecular formula is C26H21F3N2O5. The van der Waals surface area contributed by atoms with Crippen LogP contribution in [-0.4, -0.2) is 30.3 Å². The second-order valence-corrected chi connectivity index (χ2v) is 9.19. The molecule has 1 heterocycles. The highest BCUT2D eigenvalue weighted by Crippen LogP contribution is 2.55. The van der Waals surface area contributed by atoms with Gasteiger partial charge in [0.2, 0.25) is 11.8 Å². The molecule has 1 saturated heterocycles. The third kappa shape index (κ3) is 3.96. The second-order valence-electron chi connectivity index (χ2n) is 9.19. The number of carbonyl (C=O) groups excluding carboxylic acids is 4. The summed E-state index contributed by atoms with van der Waals surface area (Å²) in [7, 11) is 0. The predicted octanol–water partition coefficient (Wildman–Crippen LogP) is 4.20. The molecule has 36 heavy (non-hydrogen) atoms. The number of anilines is 2. The Kier molecular flexibility index (Phi) is 5.69. The number of nitrogens with one attached hydrogen (secondary N) is 1. The first-order valence-corrected chi connectivity index (χ1v) is 11.4. The normalized spacial score (nSPS) is 24.6. The Labute approximate surface area is 203 Å². The molecule has 2 fully saturated rings. The lowest BCUT2D eigenvalue weighted by molar-refractivity contribution is -0.137. The van der Waals surface area contributed by atoms with E-state index in [1.54, 1.807) is 0 Å². The van der Waals surface area contributed by atoms with Crippen LogP contribution in [0.15, 0.2) is 60.2 Å². The number of fused-ring (bicyclic) bond motifs is 5. The monoisotopic (exact) mass is 498 g/mol. The van der Waals surface area contributed by atoms with Gasteiger partial charge in [0.1, 0.15) is 0 Å². The number of esters is 1. The Morgan fingerprint density at radius 1 is 1.03 bits per heavy atom. The van der Waals surface area contributed by atoms with Crippen molar-refractivity contribution < 1.29 is 37.1 Å². The van der Waals surface area contributed by atoms with Crippen LogP contribution in [0, 0.1) is 23.7 Å². The molecule has 1 saturated carbocycles. The molecule has 2 bridgehead atoms. The van der Waals surface area contributed by atoms with E-state index in [-0.39, 0.29) is 41.0 Å². The number of carbonyl (C=O) groups is 4. The summed E-state index contributed by atoms with van der Waals surface area (Å²) in [6.07, 6.45) is -1.75. The van der Waals surface area contributed by atoms with Crippen molar-refractivity contribution in [3.05, 3.63) is 71.3 Å². The number of hydrogen-bond acceptors (Lipinski definition) is 5. The van der Waals surface area contributed by atoms with Gasteiger partial charge in [0.05, 0.1) is 34.3 Å². The van der Waals surface area contributed by atoms with Crippen LogP contribution in [0.5, 0.6) is 0 Å². The Balaban J connectivity index is 1.21. The maximum absolute atomic E-state index is 13.1. The molecule has 186 valence electrons. The first kappa shape index (κ1) is 23.8. The molecule has 4 atom stereocenters. The summed E-state index contributed by atoms with van der Waals surface area (Å²) in [4.78, 5) is 51.6. The Morgan fingerprint density at radius 3 is 2.39 bits per heavy atom. The van der Waals surface area contributed by atoms with Crippen LogP contribution in [-0.2, 0) is 25.3 Å². The lowest BCUT2D eigenvalue weighted by Crippen LogP contribution is -2.33. The Hall–Kier alpha value is -3.95. The van der Waals surface area contributed by atoms with Crippen LogP contribution >= 0.6 is 0 Å². The number of allylic oxidation sites excluding steroid dienone is 2. The first-order valence-electron chi connectivity index (χ1n) is 11.4. The number of para-hydroxylation sites is 1. The highest BCUT2D eigenvalue weighted by molar-refractivity contribution is 6.23. The van der Waals surface area contributed by atoms with E-state index >= 15 is 0 Å². The third-order valence-electron chi connectivity index (χ3n) is 7.08. The number of ether oxygens (including phenoxy) is 1. The summed E-state index contributed by atoms with van der Waals surface area (Å²) < 4.78 is 44.1. The summed E-state index contributed by atoms with van der Waals surface area (Å²) in [5.74, 6) is -2.84. The molecule has 2 aromatic rings. The van der Waals surface area contributed by atoms with Crippen LogP contribution in [0.4, 0.5) is 24.5 Å². The summed E-state index contributed by atoms with van der Waals surface area (Å²) in [5, 5.41) is 2.09. The number of imide groups is 1. The number of amides is 3. The molecule has 0 aromatic heterocycles. The summed E-state index contributed by atoms with van der Waals surface area (Å²) in [5.41, 5.74) is 0.0789. The Morgan fingerprint density at radius 2 is 1.69 bits per heavy atom. The van der Waals surface area contributed by atoms with E-state index < -0.39 is 35.9 Å². The van der Waals surface area contributed by atoms with E-state index in [1.807, 2.05) is 6.92 Å². The lowest BCUT2D eigenvalue weighted by atomic mass is 9.82. The molecule has 7 nitrogen and oxygen atoms in total. The number of nitrogens with zero attached hydrogens (tertiary/aromatic N) is 1. The van der Waals surface area contributed by atoms with Gasteiger partial charge in [0.15, 0.2) is 6.61 Å². The highest BCUT2D eigenvalue weighted by Gasteiger charge is 2.60. The zero-order valence-corrected chi connectivity index (χ0v) is 19.0. The van der Waals surface area contributed by atoms with Crippen LogP contribution in [0.2, 0.25) is 0 Å². The number of hydrogen-bond donors (Lipinski definition) is 1. The molecule has 10 heteroatoms. The van der Waals surface area contributed by atoms with Gasteiger partial charge in [-0.05, 0) is 61.6 Å². The minimum atomic E-state index is -4.66. The number of alkyl halides is 3. The molecule has 2 aliphatic carbocycles. The van der Waals surface area contributed by atoms with Gasteiger partial charge in [-0.2, -0.15) is 13.2 Å². The van der Waals surface area contributed by atoms with E-state index in [1.165, 1.54) is 41.3 Å². The van der Waals surface area contributed by atoms with Gasteiger partial charge >= 0.3 is 12.1 Å². The van der Waals surface area contributed by atoms with Crippen molar-refractivity contribution in [1.29, 1.82) is 0 Å². The largest absolute Gasteiger partial charge is 0.452 e. The van der Waals surface area contributed by atoms with Gasteiger partial charge in [0.25, 0.3) is 5.91 Å². The highest BCUT2D eigenvalue weighted by atomic mass is 19.4. The molecule has 3 aliphatic rings. The lowest BCUT2D eigenvalue weighted by Gasteiger charge is -2.19. The van der Waals surface area contributed by atoms with Crippen molar-refractivity contribution in [2.45, 2.75) is 19.5 Å². The van der Waals surface area contributed by atoms with Crippen molar-refractivity contribution >= 4 is 35.1 Å². The van der Waals surface area contributed by atoms with Crippen molar-refractivity contribution in [1.82, 2.24) is 0 Å². The maximum Gasteiger partial charge on any atom is 0.418 e. The van der Waals surface area contributed by atoms with Crippen LogP contribution in [0.1, 0.15) is 29.3 Å². The standard InChI is InChI=1S/C26H21F3N2O5/c1-13-10-15-11-17(13)22-21(15)23(33)31(24(22)34)16-8-6-14(7-9-16)25(35)36-12-20(32)30-19-5-3-2-4-18(19)26(27,28)29/h2-10,15,17,21-22H,11-12H2,1H3,(H,30,32)/t15-,17+,21+,22-/m0/s1. The second kappa shape index (κ2) is 8.61. The predicted molar refractivity (Wildman–Crippen MR) is 122 cm³/mol. The van der Waals surface area contributed by atoms with E-state index in [0.29, 0.717) is 5.69 Å². The molecule has 0 unspecified atom stereocenters. The van der Waals surface area contributed by atoms with Crippen molar-refractivity contribution in [3.8, 4) is 0 Å². The average molecular weight is 498 g/mol. The van der Waals surface area contributed by atoms with E-state index in [2.05, 4.69) is 11.4 Å². The van der Waals surface area contributed by atoms with Gasteiger partial charge < -0.3 is 10.1 Å². The third-order valence-corrected chi connectivity index (χ3v) is 7.08. The van der Waals surface area contributed by atoms with Crippen LogP contribution in [0.3, 0.4) is 0 Å². The molecule has 0 spiro atoms. The quantitative estimate of drug-likeness (QED) is 0.379. The minimum absolute atomic E-state index is 0.0547. The van der Waals surface area contributed by atoms with E-state index in [4.69, 9.17) is 4.74 Å². The fourth-order valence-corrected chi connectivity index (χ4v) is 5.52. The molecule has 0 radical (unpaired) electrons. The maximum atomic E-state index is 13.1. The van der Waals surface area contributed by atoms with E-state index in [0.717, 1.165) is 24.1 Å². The molecule has 5 rings (SSSR count). The summed E-state index contributed by atoms with van der Waals surface area (Å²) >= 11 is 0. The topological polar surface area (TPSA) is 92.8 Å². The molecular weight excluding hydrogens is 477 g/mol. The fourth-order valence-electron chi connectivity index (χ4n) is 5.52. The van der Waals surface area contributed by atoms with Crippen molar-refractivity contribution in [2.24, 2.45) is 23.7 Å². The van der Waals surface area contributed by atoms with Gasteiger partial charge in [-0.25, -0.2) is 4.79 Å². The molecule has 1 N–H and O–H groups in total. The SMILES string of the molecule is CC1=C[C@H]2C[C@H]1[C@@H]1C(=O)N(c3ccc(C(=O)OCC(=O)Nc4ccccc4C(F)(F)F)cc3)C(=O)[C@@H]12. The fraction of sp³-hybridized carbons (Fsp3) is 0.308. The molecule has 2 aromatic carbocycles. The zero-order chi connectivity index (χ0) is 25.8. The number of benzene rings is 2. The Bertz CT molecular complexity index is 1300. The van der Waals surface area contributed by atoms with Crippen LogP contribution < -0.4 is 10.2 Å². The molecule has 1 aliphatic heterocycles. The van der Waals surface area contributed by atoms with Crippen LogP contribution in [0.25, 0.3) is 0 Å². The van der Waals surface area contributed by atoms with E-state index in [9.17, 15) is 32.3 Å². The smallest absolute Gasteiger partial charge is 0.418 e. The molecule has 3 amide bonds.